The van der Waals surface area contributed by atoms with Crippen molar-refractivity contribution >= 4 is 0 Å². The Bertz CT molecular complexity index is 1140. The first kappa shape index (κ1) is 38.4. The topological polar surface area (TPSA) is 47.6 Å². The minimum atomic E-state index is 0. The second kappa shape index (κ2) is 17.8. The molecule has 0 spiro atoms. The van der Waals surface area contributed by atoms with Crippen molar-refractivity contribution in [3.8, 4) is 6.07 Å². The first-order chi connectivity index (χ1) is 17.0. The smallest absolute Gasteiger partial charge is 0.512 e. The van der Waals surface area contributed by atoms with Gasteiger partial charge in [-0.25, -0.2) is 0 Å². The first-order valence-electron chi connectivity index (χ1n) is 12.9. The van der Waals surface area contributed by atoms with Crippen molar-refractivity contribution in [1.82, 2.24) is 0 Å². The standard InChI is InChI=1S/C14H19N.C12H18.C8H10.CN.K/c1-10-8-12(14(3,4)5)9-11(2)13(10)6-7-15;1-9-6-10(2)8-11(7-9)12(3,4)5;1-7-4-3-5-8(2)6-7;1-2;/h8-9H,6H2,1-5H3;6-8H,1-5H3;3-6H,1-2H3;;/q;;;-1;+1. The van der Waals surface area contributed by atoms with Gasteiger partial charge in [0.05, 0.1) is 12.5 Å². The first-order valence-corrected chi connectivity index (χ1v) is 12.9. The van der Waals surface area contributed by atoms with Gasteiger partial charge in [-0.15, -0.1) is 0 Å². The van der Waals surface area contributed by atoms with Crippen LogP contribution in [0.5, 0.6) is 0 Å². The van der Waals surface area contributed by atoms with E-state index in [0.29, 0.717) is 6.42 Å². The van der Waals surface area contributed by atoms with E-state index >= 15 is 0 Å². The monoisotopic (exact) mass is 534 g/mol. The molecular formula is C35H47KN2. The Morgan fingerprint density at radius 1 is 0.605 bits per heavy atom. The second-order valence-electron chi connectivity index (χ2n) is 12.0. The summed E-state index contributed by atoms with van der Waals surface area (Å²) in [7, 11) is 0. The number of hydrogen-bond donors (Lipinski definition) is 0. The van der Waals surface area contributed by atoms with Crippen molar-refractivity contribution in [2.75, 3.05) is 0 Å². The van der Waals surface area contributed by atoms with Gasteiger partial charge in [0.15, 0.2) is 0 Å². The van der Waals surface area contributed by atoms with Crippen LogP contribution in [-0.4, -0.2) is 0 Å². The van der Waals surface area contributed by atoms with E-state index in [4.69, 9.17) is 17.1 Å². The summed E-state index contributed by atoms with van der Waals surface area (Å²) < 4.78 is 0. The van der Waals surface area contributed by atoms with Gasteiger partial charge in [0.2, 0.25) is 0 Å². The Labute approximate surface area is 276 Å². The summed E-state index contributed by atoms with van der Waals surface area (Å²) in [5.74, 6) is 0. The molecule has 198 valence electrons. The molecule has 3 heteroatoms. The van der Waals surface area contributed by atoms with Crippen LogP contribution in [0.4, 0.5) is 0 Å². The van der Waals surface area contributed by atoms with Crippen molar-refractivity contribution in [2.24, 2.45) is 0 Å². The molecule has 0 heterocycles. The van der Waals surface area contributed by atoms with Crippen molar-refractivity contribution < 1.29 is 51.4 Å². The summed E-state index contributed by atoms with van der Waals surface area (Å²) in [5, 5.41) is 15.0. The summed E-state index contributed by atoms with van der Waals surface area (Å²) in [6.45, 7) is 30.8. The minimum Gasteiger partial charge on any atom is -0.512 e. The van der Waals surface area contributed by atoms with Crippen molar-refractivity contribution in [3.05, 3.63) is 111 Å². The van der Waals surface area contributed by atoms with Gasteiger partial charge in [0.1, 0.15) is 0 Å². The Hall–Kier alpha value is -1.72. The molecule has 3 aromatic rings. The number of nitriles is 1. The van der Waals surface area contributed by atoms with Crippen LogP contribution in [0, 0.1) is 64.7 Å². The summed E-state index contributed by atoms with van der Waals surface area (Å²) in [5.41, 5.74) is 12.3. The van der Waals surface area contributed by atoms with Crippen molar-refractivity contribution in [2.45, 2.75) is 100 Å². The number of hydrogen-bond acceptors (Lipinski definition) is 2. The largest absolute Gasteiger partial charge is 1.00 e. The molecule has 3 aromatic carbocycles. The summed E-state index contributed by atoms with van der Waals surface area (Å²) in [4.78, 5) is 0. The van der Waals surface area contributed by atoms with Gasteiger partial charge < -0.3 is 11.8 Å². The van der Waals surface area contributed by atoms with Gasteiger partial charge in [-0.3, -0.25) is 0 Å². The number of nitrogens with zero attached hydrogens (tertiary/aromatic N) is 2. The van der Waals surface area contributed by atoms with Crippen molar-refractivity contribution in [1.29, 1.82) is 10.5 Å². The fraction of sp³-hybridized carbons (Fsp3) is 0.429. The Morgan fingerprint density at radius 2 is 0.947 bits per heavy atom. The van der Waals surface area contributed by atoms with Crippen LogP contribution in [0.15, 0.2) is 54.6 Å². The van der Waals surface area contributed by atoms with E-state index in [1.807, 2.05) is 0 Å². The SMILES string of the molecule is Cc1cc(C(C)(C)C)cc(C)c1CC#N.Cc1cc(C)cc(C(C)(C)C)c1.Cc1cccc(C)c1.[C-]#N.[K+]. The zero-order chi connectivity index (χ0) is 29.0. The quantitative estimate of drug-likeness (QED) is 0.258. The van der Waals surface area contributed by atoms with Gasteiger partial charge in [0, 0.05) is 0 Å². The van der Waals surface area contributed by atoms with E-state index < -0.39 is 0 Å². The average Bonchev–Trinajstić information content (AvgIpc) is 2.76. The van der Waals surface area contributed by atoms with Crippen LogP contribution in [0.2, 0.25) is 0 Å². The second-order valence-corrected chi connectivity index (χ2v) is 12.0. The predicted octanol–water partition coefficient (Wildman–Crippen LogP) is 6.67. The average molecular weight is 535 g/mol. The molecule has 2 nitrogen and oxygen atoms in total. The molecule has 0 bridgehead atoms. The zero-order valence-corrected chi connectivity index (χ0v) is 29.4. The maximum Gasteiger partial charge on any atom is 1.00 e. The molecule has 0 aromatic heterocycles. The summed E-state index contributed by atoms with van der Waals surface area (Å²) in [6.07, 6.45) is 0.516. The molecule has 3 rings (SSSR count). The Morgan fingerprint density at radius 3 is 1.24 bits per heavy atom. The molecule has 0 aliphatic carbocycles. The van der Waals surface area contributed by atoms with Crippen LogP contribution < -0.4 is 51.4 Å². The van der Waals surface area contributed by atoms with E-state index in [2.05, 4.69) is 144 Å². The molecule has 0 radical (unpaired) electrons. The molecule has 0 fully saturated rings. The van der Waals surface area contributed by atoms with Gasteiger partial charge >= 0.3 is 51.4 Å². The summed E-state index contributed by atoms with van der Waals surface area (Å²) >= 11 is 0. The van der Waals surface area contributed by atoms with E-state index in [1.165, 1.54) is 50.1 Å². The molecule has 38 heavy (non-hydrogen) atoms. The molecule has 0 amide bonds. The molecule has 0 aliphatic rings. The Kier molecular flexibility index (Phi) is 18.0. The van der Waals surface area contributed by atoms with Crippen LogP contribution in [-0.2, 0) is 17.3 Å². The molecular weight excluding hydrogens is 487 g/mol. The third-order valence-corrected chi connectivity index (χ3v) is 6.08. The zero-order valence-electron chi connectivity index (χ0n) is 26.3. The maximum absolute atomic E-state index is 8.75. The van der Waals surface area contributed by atoms with Crippen LogP contribution in [0.25, 0.3) is 0 Å². The Balaban J connectivity index is 0. The van der Waals surface area contributed by atoms with Gasteiger partial charge in [0.25, 0.3) is 0 Å². The van der Waals surface area contributed by atoms with E-state index in [9.17, 15) is 0 Å². The maximum atomic E-state index is 8.75. The predicted molar refractivity (Wildman–Crippen MR) is 159 cm³/mol. The molecule has 0 N–H and O–H groups in total. The van der Waals surface area contributed by atoms with Crippen LogP contribution in [0.1, 0.15) is 91.6 Å². The normalized spacial score (nSPS) is 10.1. The molecule has 0 saturated heterocycles. The fourth-order valence-corrected chi connectivity index (χ4v) is 4.00. The van der Waals surface area contributed by atoms with Gasteiger partial charge in [-0.2, -0.15) is 5.26 Å². The minimum absolute atomic E-state index is 0. The molecule has 0 aliphatic heterocycles. The molecule has 0 unspecified atom stereocenters. The van der Waals surface area contributed by atoms with E-state index in [0.717, 1.165) is 0 Å². The number of benzene rings is 3. The van der Waals surface area contributed by atoms with Crippen LogP contribution in [0.3, 0.4) is 0 Å². The summed E-state index contributed by atoms with van der Waals surface area (Å²) in [6, 6.07) is 21.8. The molecule has 0 atom stereocenters. The van der Waals surface area contributed by atoms with Gasteiger partial charge in [-0.05, 0) is 80.2 Å². The van der Waals surface area contributed by atoms with Crippen LogP contribution >= 0.6 is 0 Å². The fourth-order valence-electron chi connectivity index (χ4n) is 4.00. The third-order valence-electron chi connectivity index (χ3n) is 6.08. The van der Waals surface area contributed by atoms with Gasteiger partial charge in [-0.1, -0.05) is 118 Å². The number of aryl methyl sites for hydroxylation is 6. The third kappa shape index (κ3) is 14.4. The van der Waals surface area contributed by atoms with E-state index in [1.54, 1.807) is 0 Å². The molecule has 0 saturated carbocycles. The van der Waals surface area contributed by atoms with E-state index in [-0.39, 0.29) is 62.2 Å². The van der Waals surface area contributed by atoms with Crippen molar-refractivity contribution in [3.63, 3.8) is 0 Å². The number of rotatable bonds is 1.